The van der Waals surface area contributed by atoms with Crippen LogP contribution in [0.25, 0.3) is 0 Å². The minimum Gasteiger partial charge on any atom is -0.455 e. The zero-order valence-electron chi connectivity index (χ0n) is 13.1. The molecule has 2 aromatic rings. The van der Waals surface area contributed by atoms with Gasteiger partial charge in [-0.25, -0.2) is 0 Å². The van der Waals surface area contributed by atoms with E-state index >= 15 is 0 Å². The summed E-state index contributed by atoms with van der Waals surface area (Å²) in [4.78, 5) is 25.0. The van der Waals surface area contributed by atoms with E-state index in [4.69, 9.17) is 21.4 Å². The van der Waals surface area contributed by atoms with E-state index in [1.807, 2.05) is 0 Å². The van der Waals surface area contributed by atoms with Crippen LogP contribution in [0.1, 0.15) is 0 Å². The van der Waals surface area contributed by atoms with Gasteiger partial charge in [0.05, 0.1) is 18.8 Å². The standard InChI is InChI=1S/C18H15ClN2O4/c19-12-4-3-5-13(10-12)25-16-7-2-1-6-14(16)20-15-11-17(23)21(8-9-22)18(15)24/h1-7,10-11,20,22H,8-9H2. The Bertz CT molecular complexity index is 850. The zero-order chi connectivity index (χ0) is 17.8. The molecule has 2 amide bonds. The lowest BCUT2D eigenvalue weighted by atomic mass is 10.2. The largest absolute Gasteiger partial charge is 0.455 e. The van der Waals surface area contributed by atoms with Crippen molar-refractivity contribution < 1.29 is 19.4 Å². The third kappa shape index (κ3) is 3.81. The first kappa shape index (κ1) is 17.0. The van der Waals surface area contributed by atoms with Crippen LogP contribution in [-0.2, 0) is 9.59 Å². The molecule has 6 nitrogen and oxygen atoms in total. The number of β-amino-alcohol motifs (C(OH)–C–C–N with tert-alkyl or cyclic N) is 1. The van der Waals surface area contributed by atoms with Crippen molar-refractivity contribution >= 4 is 29.1 Å². The molecule has 1 heterocycles. The molecule has 0 unspecified atom stereocenters. The predicted octanol–water partition coefficient (Wildman–Crippen LogP) is 2.79. The number of hydrogen-bond donors (Lipinski definition) is 2. The number of carbonyl (C=O) groups excluding carboxylic acids is 2. The normalized spacial score (nSPS) is 13.8. The Morgan fingerprint density at radius 1 is 1.12 bits per heavy atom. The zero-order valence-corrected chi connectivity index (χ0v) is 13.9. The van der Waals surface area contributed by atoms with Crippen LogP contribution in [0.5, 0.6) is 11.5 Å². The van der Waals surface area contributed by atoms with Gasteiger partial charge >= 0.3 is 0 Å². The second kappa shape index (κ2) is 7.38. The molecular weight excluding hydrogens is 344 g/mol. The molecule has 7 heteroatoms. The van der Waals surface area contributed by atoms with Crippen molar-refractivity contribution in [2.75, 3.05) is 18.5 Å². The lowest BCUT2D eigenvalue weighted by Crippen LogP contribution is -2.34. The van der Waals surface area contributed by atoms with Gasteiger partial charge in [0, 0.05) is 11.1 Å². The van der Waals surface area contributed by atoms with E-state index in [0.29, 0.717) is 22.2 Å². The highest BCUT2D eigenvalue weighted by molar-refractivity contribution is 6.30. The Morgan fingerprint density at radius 2 is 1.92 bits per heavy atom. The molecule has 0 bridgehead atoms. The molecule has 0 radical (unpaired) electrons. The number of imide groups is 1. The number of carbonyl (C=O) groups is 2. The summed E-state index contributed by atoms with van der Waals surface area (Å²) >= 11 is 5.96. The maximum absolute atomic E-state index is 12.2. The van der Waals surface area contributed by atoms with Gasteiger partial charge in [-0.2, -0.15) is 0 Å². The fourth-order valence-electron chi connectivity index (χ4n) is 2.37. The van der Waals surface area contributed by atoms with Crippen LogP contribution in [0.2, 0.25) is 5.02 Å². The number of aliphatic hydroxyl groups is 1. The number of aliphatic hydroxyl groups excluding tert-OH is 1. The lowest BCUT2D eigenvalue weighted by Gasteiger charge is -2.15. The Hall–Kier alpha value is -2.83. The van der Waals surface area contributed by atoms with Crippen molar-refractivity contribution in [2.45, 2.75) is 0 Å². The summed E-state index contributed by atoms with van der Waals surface area (Å²) in [5, 5.41) is 12.4. The van der Waals surface area contributed by atoms with Crippen LogP contribution in [0.3, 0.4) is 0 Å². The van der Waals surface area contributed by atoms with Gasteiger partial charge in [0.15, 0.2) is 5.75 Å². The SMILES string of the molecule is O=C1C=C(Nc2ccccc2Oc2cccc(Cl)c2)C(=O)N1CCO. The number of rotatable bonds is 6. The fraction of sp³-hybridized carbons (Fsp3) is 0.111. The summed E-state index contributed by atoms with van der Waals surface area (Å²) in [6.45, 7) is -0.326. The van der Waals surface area contributed by atoms with Gasteiger partial charge in [-0.1, -0.05) is 29.8 Å². The molecule has 0 saturated heterocycles. The summed E-state index contributed by atoms with van der Waals surface area (Å²) in [6.07, 6.45) is 1.20. The van der Waals surface area contributed by atoms with Crippen molar-refractivity contribution in [2.24, 2.45) is 0 Å². The number of nitrogens with one attached hydrogen (secondary N) is 1. The first-order chi connectivity index (χ1) is 12.1. The van der Waals surface area contributed by atoms with Gasteiger partial charge < -0.3 is 15.2 Å². The van der Waals surface area contributed by atoms with E-state index in [-0.39, 0.29) is 18.8 Å². The summed E-state index contributed by atoms with van der Waals surface area (Å²) in [5.41, 5.74) is 0.654. The molecule has 0 fully saturated rings. The molecule has 1 aliphatic heterocycles. The number of halogens is 1. The van der Waals surface area contributed by atoms with E-state index in [0.717, 1.165) is 4.90 Å². The number of anilines is 1. The van der Waals surface area contributed by atoms with Gasteiger partial charge in [0.2, 0.25) is 0 Å². The number of nitrogens with zero attached hydrogens (tertiary/aromatic N) is 1. The summed E-state index contributed by atoms with van der Waals surface area (Å²) in [6, 6.07) is 14.0. The van der Waals surface area contributed by atoms with Crippen molar-refractivity contribution in [3.63, 3.8) is 0 Å². The van der Waals surface area contributed by atoms with E-state index in [1.165, 1.54) is 6.08 Å². The van der Waals surface area contributed by atoms with Crippen LogP contribution >= 0.6 is 11.6 Å². The summed E-state index contributed by atoms with van der Waals surface area (Å²) in [5.74, 6) is 0.0735. The van der Waals surface area contributed by atoms with E-state index in [9.17, 15) is 9.59 Å². The summed E-state index contributed by atoms with van der Waals surface area (Å²) in [7, 11) is 0. The molecule has 2 N–H and O–H groups in total. The van der Waals surface area contributed by atoms with E-state index < -0.39 is 11.8 Å². The molecule has 0 saturated carbocycles. The topological polar surface area (TPSA) is 78.9 Å². The summed E-state index contributed by atoms with van der Waals surface area (Å²) < 4.78 is 5.81. The third-order valence-electron chi connectivity index (χ3n) is 3.51. The minimum atomic E-state index is -0.489. The average molecular weight is 359 g/mol. The van der Waals surface area contributed by atoms with Gasteiger partial charge in [0.1, 0.15) is 11.4 Å². The molecule has 0 atom stereocenters. The van der Waals surface area contributed by atoms with Crippen molar-refractivity contribution in [3.8, 4) is 11.5 Å². The third-order valence-corrected chi connectivity index (χ3v) is 3.75. The Morgan fingerprint density at radius 3 is 2.68 bits per heavy atom. The Kier molecular flexibility index (Phi) is 5.02. The van der Waals surface area contributed by atoms with Crippen molar-refractivity contribution in [3.05, 3.63) is 65.3 Å². The molecule has 128 valence electrons. The highest BCUT2D eigenvalue weighted by Gasteiger charge is 2.31. The second-order valence-electron chi connectivity index (χ2n) is 5.26. The molecule has 0 aliphatic carbocycles. The van der Waals surface area contributed by atoms with Crippen LogP contribution in [-0.4, -0.2) is 35.0 Å². The van der Waals surface area contributed by atoms with Gasteiger partial charge in [0.25, 0.3) is 11.8 Å². The van der Waals surface area contributed by atoms with Crippen LogP contribution < -0.4 is 10.1 Å². The molecule has 0 aromatic heterocycles. The molecule has 25 heavy (non-hydrogen) atoms. The first-order valence-electron chi connectivity index (χ1n) is 7.56. The molecule has 2 aromatic carbocycles. The number of para-hydroxylation sites is 2. The number of amides is 2. The van der Waals surface area contributed by atoms with E-state index in [1.54, 1.807) is 48.5 Å². The Balaban J connectivity index is 1.81. The van der Waals surface area contributed by atoms with Gasteiger partial charge in [-0.15, -0.1) is 0 Å². The second-order valence-corrected chi connectivity index (χ2v) is 5.69. The predicted molar refractivity (Wildman–Crippen MR) is 93.5 cm³/mol. The highest BCUT2D eigenvalue weighted by Crippen LogP contribution is 2.32. The fourth-order valence-corrected chi connectivity index (χ4v) is 2.55. The van der Waals surface area contributed by atoms with Crippen molar-refractivity contribution in [1.82, 2.24) is 4.90 Å². The maximum Gasteiger partial charge on any atom is 0.277 e. The lowest BCUT2D eigenvalue weighted by molar-refractivity contribution is -0.137. The quantitative estimate of drug-likeness (QED) is 0.776. The highest BCUT2D eigenvalue weighted by atomic mass is 35.5. The van der Waals surface area contributed by atoms with Gasteiger partial charge in [-0.05, 0) is 30.3 Å². The maximum atomic E-state index is 12.2. The molecule has 1 aliphatic rings. The van der Waals surface area contributed by atoms with E-state index in [2.05, 4.69) is 5.32 Å². The van der Waals surface area contributed by atoms with Crippen LogP contribution in [0.15, 0.2) is 60.3 Å². The minimum absolute atomic E-state index is 0.0417. The number of hydrogen-bond acceptors (Lipinski definition) is 5. The Labute approximate surface area is 149 Å². The number of ether oxygens (including phenoxy) is 1. The van der Waals surface area contributed by atoms with Crippen LogP contribution in [0.4, 0.5) is 5.69 Å². The first-order valence-corrected chi connectivity index (χ1v) is 7.94. The monoisotopic (exact) mass is 358 g/mol. The molecule has 3 rings (SSSR count). The molecular formula is C18H15ClN2O4. The average Bonchev–Trinajstić information content (AvgIpc) is 2.85. The van der Waals surface area contributed by atoms with Crippen molar-refractivity contribution in [1.29, 1.82) is 0 Å². The molecule has 0 spiro atoms. The number of benzene rings is 2. The van der Waals surface area contributed by atoms with Crippen LogP contribution in [0, 0.1) is 0 Å². The van der Waals surface area contributed by atoms with Gasteiger partial charge in [-0.3, -0.25) is 14.5 Å². The smallest absolute Gasteiger partial charge is 0.277 e.